The molecular weight excluding hydrogens is 364 g/mol. The molecular formula is C19H20N4O3S. The lowest BCUT2D eigenvalue weighted by molar-refractivity contribution is -0.124. The molecule has 3 N–H and O–H groups in total. The molecule has 1 unspecified atom stereocenters. The van der Waals surface area contributed by atoms with Crippen LogP contribution in [0.15, 0.2) is 71.9 Å². The van der Waals surface area contributed by atoms with Gasteiger partial charge in [0.05, 0.1) is 4.90 Å². The molecule has 1 heterocycles. The average Bonchev–Trinajstić information content (AvgIpc) is 3.15. The van der Waals surface area contributed by atoms with Gasteiger partial charge in [-0.05, 0) is 24.6 Å². The number of carbonyl (C=O) groups excluding carboxylic acids is 1. The van der Waals surface area contributed by atoms with Crippen LogP contribution in [0.4, 0.5) is 0 Å². The highest BCUT2D eigenvalue weighted by atomic mass is 32.2. The number of nitrogens with one attached hydrogen (secondary N) is 1. The summed E-state index contributed by atoms with van der Waals surface area (Å²) >= 11 is 0. The van der Waals surface area contributed by atoms with Crippen molar-refractivity contribution < 1.29 is 13.2 Å². The molecule has 0 saturated carbocycles. The number of nitrogens with zero attached hydrogens (tertiary/aromatic N) is 2. The van der Waals surface area contributed by atoms with Gasteiger partial charge < -0.3 is 9.88 Å². The average molecular weight is 384 g/mol. The van der Waals surface area contributed by atoms with Crippen LogP contribution in [0.25, 0.3) is 11.4 Å². The van der Waals surface area contributed by atoms with Crippen LogP contribution in [-0.2, 0) is 21.4 Å². The molecule has 27 heavy (non-hydrogen) atoms. The van der Waals surface area contributed by atoms with E-state index in [1.54, 1.807) is 36.0 Å². The third kappa shape index (κ3) is 4.42. The number of aromatic nitrogens is 2. The number of carbonyl (C=O) groups is 1. The molecule has 3 aromatic rings. The van der Waals surface area contributed by atoms with E-state index in [1.165, 1.54) is 12.1 Å². The van der Waals surface area contributed by atoms with E-state index in [9.17, 15) is 13.2 Å². The number of imidazole rings is 1. The molecule has 0 aliphatic heterocycles. The van der Waals surface area contributed by atoms with Crippen LogP contribution in [-0.4, -0.2) is 23.9 Å². The molecule has 0 radical (unpaired) electrons. The van der Waals surface area contributed by atoms with Gasteiger partial charge in [0.1, 0.15) is 11.9 Å². The largest absolute Gasteiger partial charge is 0.350 e. The number of nitrogens with two attached hydrogens (primary N) is 1. The van der Waals surface area contributed by atoms with Crippen molar-refractivity contribution in [1.82, 2.24) is 14.9 Å². The van der Waals surface area contributed by atoms with Crippen molar-refractivity contribution >= 4 is 15.9 Å². The van der Waals surface area contributed by atoms with E-state index >= 15 is 0 Å². The van der Waals surface area contributed by atoms with Crippen molar-refractivity contribution in [2.75, 3.05) is 0 Å². The van der Waals surface area contributed by atoms with Crippen LogP contribution >= 0.6 is 0 Å². The minimum Gasteiger partial charge on any atom is -0.350 e. The zero-order valence-corrected chi connectivity index (χ0v) is 15.6. The van der Waals surface area contributed by atoms with Crippen LogP contribution in [0.2, 0.25) is 0 Å². The van der Waals surface area contributed by atoms with Crippen molar-refractivity contribution in [3.63, 3.8) is 0 Å². The third-order valence-electron chi connectivity index (χ3n) is 4.19. The van der Waals surface area contributed by atoms with Crippen molar-refractivity contribution in [2.45, 2.75) is 24.4 Å². The first-order chi connectivity index (χ1) is 12.9. The fraction of sp³-hybridized carbons (Fsp3) is 0.158. The van der Waals surface area contributed by atoms with Crippen LogP contribution in [0.3, 0.4) is 0 Å². The number of sulfonamides is 1. The summed E-state index contributed by atoms with van der Waals surface area (Å²) in [6, 6.07) is 15.3. The monoisotopic (exact) mass is 384 g/mol. The van der Waals surface area contributed by atoms with Crippen molar-refractivity contribution in [3.05, 3.63) is 72.6 Å². The second-order valence-corrected chi connectivity index (χ2v) is 7.67. The predicted molar refractivity (Wildman–Crippen MR) is 102 cm³/mol. The Morgan fingerprint density at radius 2 is 1.93 bits per heavy atom. The lowest BCUT2D eigenvalue weighted by Crippen LogP contribution is -2.30. The van der Waals surface area contributed by atoms with E-state index < -0.39 is 16.1 Å². The number of primary sulfonamides is 1. The zero-order valence-electron chi connectivity index (χ0n) is 14.7. The second-order valence-electron chi connectivity index (χ2n) is 6.11. The van der Waals surface area contributed by atoms with Gasteiger partial charge in [-0.2, -0.15) is 0 Å². The molecule has 0 spiro atoms. The van der Waals surface area contributed by atoms with Gasteiger partial charge in [-0.25, -0.2) is 18.5 Å². The fourth-order valence-corrected chi connectivity index (χ4v) is 3.32. The summed E-state index contributed by atoms with van der Waals surface area (Å²) < 4.78 is 24.7. The SMILES string of the molecule is CC(C(=O)NCc1cccc(S(N)(=O)=O)c1)n1ccnc1-c1ccccc1. The minimum atomic E-state index is -3.78. The quantitative estimate of drug-likeness (QED) is 0.678. The van der Waals surface area contributed by atoms with Crippen LogP contribution in [0, 0.1) is 0 Å². The Kier molecular flexibility index (Phi) is 5.38. The number of amides is 1. The molecule has 140 valence electrons. The van der Waals surface area contributed by atoms with Crippen LogP contribution in [0.5, 0.6) is 0 Å². The number of rotatable bonds is 6. The number of hydrogen-bond acceptors (Lipinski definition) is 4. The molecule has 0 aliphatic rings. The Hall–Kier alpha value is -2.97. The smallest absolute Gasteiger partial charge is 0.243 e. The molecule has 2 aromatic carbocycles. The Bertz CT molecular complexity index is 1050. The van der Waals surface area contributed by atoms with Gasteiger partial charge in [0.2, 0.25) is 15.9 Å². The molecule has 1 atom stereocenters. The summed E-state index contributed by atoms with van der Waals surface area (Å²) in [6.07, 6.45) is 3.41. The molecule has 0 saturated heterocycles. The highest BCUT2D eigenvalue weighted by Crippen LogP contribution is 2.21. The maximum absolute atomic E-state index is 12.6. The van der Waals surface area contributed by atoms with Gasteiger partial charge in [0.25, 0.3) is 0 Å². The van der Waals surface area contributed by atoms with E-state index in [2.05, 4.69) is 10.3 Å². The molecule has 1 aromatic heterocycles. The minimum absolute atomic E-state index is 0.0169. The van der Waals surface area contributed by atoms with Crippen LogP contribution in [0.1, 0.15) is 18.5 Å². The first-order valence-corrected chi connectivity index (χ1v) is 9.88. The van der Waals surface area contributed by atoms with Crippen molar-refractivity contribution in [1.29, 1.82) is 0 Å². The van der Waals surface area contributed by atoms with Crippen molar-refractivity contribution in [3.8, 4) is 11.4 Å². The van der Waals surface area contributed by atoms with Gasteiger partial charge in [0, 0.05) is 24.5 Å². The summed E-state index contributed by atoms with van der Waals surface area (Å²) in [5.74, 6) is 0.501. The third-order valence-corrected chi connectivity index (χ3v) is 5.10. The maximum atomic E-state index is 12.6. The first-order valence-electron chi connectivity index (χ1n) is 8.34. The predicted octanol–water partition coefficient (Wildman–Crippen LogP) is 2.07. The lowest BCUT2D eigenvalue weighted by atomic mass is 10.2. The molecule has 8 heteroatoms. The summed E-state index contributed by atoms with van der Waals surface area (Å²) in [4.78, 5) is 16.9. The number of benzene rings is 2. The lowest BCUT2D eigenvalue weighted by Gasteiger charge is -2.16. The second kappa shape index (κ2) is 7.73. The van der Waals surface area contributed by atoms with Gasteiger partial charge >= 0.3 is 0 Å². The Morgan fingerprint density at radius 3 is 2.63 bits per heavy atom. The van der Waals surface area contributed by atoms with Crippen LogP contribution < -0.4 is 10.5 Å². The molecule has 0 aliphatic carbocycles. The van der Waals surface area contributed by atoms with Crippen molar-refractivity contribution in [2.24, 2.45) is 5.14 Å². The summed E-state index contributed by atoms with van der Waals surface area (Å²) in [5.41, 5.74) is 1.57. The van der Waals surface area contributed by atoms with Gasteiger partial charge in [-0.1, -0.05) is 42.5 Å². The Labute approximate surface area is 157 Å². The Balaban J connectivity index is 1.72. The standard InChI is InChI=1S/C19H20N4O3S/c1-14(23-11-10-21-18(23)16-7-3-2-4-8-16)19(24)22-13-15-6-5-9-17(12-15)27(20,25)26/h2-12,14H,13H2,1H3,(H,22,24)(H2,20,25,26). The number of hydrogen-bond donors (Lipinski definition) is 2. The van der Waals surface area contributed by atoms with E-state index in [0.29, 0.717) is 11.4 Å². The zero-order chi connectivity index (χ0) is 19.4. The van der Waals surface area contributed by atoms with Gasteiger partial charge in [0.15, 0.2) is 0 Å². The van der Waals surface area contributed by atoms with E-state index in [0.717, 1.165) is 5.56 Å². The first kappa shape index (κ1) is 18.8. The van der Waals surface area contributed by atoms with Gasteiger partial charge in [-0.15, -0.1) is 0 Å². The van der Waals surface area contributed by atoms with Gasteiger partial charge in [-0.3, -0.25) is 4.79 Å². The normalized spacial score (nSPS) is 12.5. The summed E-state index contributed by atoms with van der Waals surface area (Å²) in [5, 5.41) is 7.96. The topological polar surface area (TPSA) is 107 Å². The molecule has 0 fully saturated rings. The van der Waals surface area contributed by atoms with E-state index in [-0.39, 0.29) is 17.3 Å². The molecule has 1 amide bonds. The molecule has 0 bridgehead atoms. The maximum Gasteiger partial charge on any atom is 0.243 e. The summed E-state index contributed by atoms with van der Waals surface area (Å²) in [7, 11) is -3.78. The Morgan fingerprint density at radius 1 is 1.19 bits per heavy atom. The van der Waals surface area contributed by atoms with E-state index in [1.807, 2.05) is 30.3 Å². The highest BCUT2D eigenvalue weighted by Gasteiger charge is 2.18. The molecule has 3 rings (SSSR count). The van der Waals surface area contributed by atoms with E-state index in [4.69, 9.17) is 5.14 Å². The molecule has 7 nitrogen and oxygen atoms in total. The summed E-state index contributed by atoms with van der Waals surface area (Å²) in [6.45, 7) is 1.98. The highest BCUT2D eigenvalue weighted by molar-refractivity contribution is 7.89. The fourth-order valence-electron chi connectivity index (χ4n) is 2.73.